The number of esters is 1. The van der Waals surface area contributed by atoms with Gasteiger partial charge in [0.25, 0.3) is 0 Å². The van der Waals surface area contributed by atoms with Crippen molar-refractivity contribution in [3.8, 4) is 0 Å². The summed E-state index contributed by atoms with van der Waals surface area (Å²) in [6.45, 7) is 19.4. The number of hydrogen-bond acceptors (Lipinski definition) is 7. The normalized spacial score (nSPS) is 47.1. The van der Waals surface area contributed by atoms with Gasteiger partial charge in [-0.1, -0.05) is 34.6 Å². The van der Waals surface area contributed by atoms with Crippen LogP contribution in [-0.4, -0.2) is 66.4 Å². The molecule has 0 amide bonds. The molecule has 1 aliphatic heterocycles. The smallest absolute Gasteiger partial charge is 0.303 e. The number of carbonyl (C=O) groups excluding carboxylic acids is 2. The van der Waals surface area contributed by atoms with Gasteiger partial charge in [0.15, 0.2) is 13.9 Å². The van der Waals surface area contributed by atoms with Crippen molar-refractivity contribution < 1.29 is 33.7 Å². The highest BCUT2D eigenvalue weighted by Gasteiger charge is 2.75. The van der Waals surface area contributed by atoms with Crippen LogP contribution in [0.1, 0.15) is 61.3 Å². The molecule has 0 aromatic rings. The molecule has 1 heterocycles. The zero-order valence-electron chi connectivity index (χ0n) is 23.0. The first-order chi connectivity index (χ1) is 15.8. The van der Waals surface area contributed by atoms with Crippen LogP contribution in [0.25, 0.3) is 0 Å². The Morgan fingerprint density at radius 3 is 2.26 bits per heavy atom. The minimum absolute atomic E-state index is 0.0176. The van der Waals surface area contributed by atoms with Gasteiger partial charge in [0.2, 0.25) is 0 Å². The Kier molecular flexibility index (Phi) is 6.14. The Morgan fingerprint density at radius 2 is 1.77 bits per heavy atom. The maximum atomic E-state index is 14.5. The van der Waals surface area contributed by atoms with Crippen molar-refractivity contribution in [2.24, 2.45) is 28.6 Å². The zero-order chi connectivity index (χ0) is 26.5. The molecule has 35 heavy (non-hydrogen) atoms. The molecule has 0 unspecified atom stereocenters. The Bertz CT molecular complexity index is 967. The topological polar surface area (TPSA) is 102 Å². The van der Waals surface area contributed by atoms with E-state index in [1.54, 1.807) is 0 Å². The van der Waals surface area contributed by atoms with Crippen molar-refractivity contribution in [1.82, 2.24) is 0 Å². The molecule has 4 rings (SSSR count). The van der Waals surface area contributed by atoms with E-state index in [2.05, 4.69) is 19.6 Å². The van der Waals surface area contributed by atoms with Crippen molar-refractivity contribution in [1.29, 1.82) is 0 Å². The second-order valence-electron chi connectivity index (χ2n) is 13.3. The van der Waals surface area contributed by atoms with Crippen LogP contribution in [0.3, 0.4) is 0 Å². The lowest BCUT2D eigenvalue weighted by molar-refractivity contribution is -0.340. The lowest BCUT2D eigenvalue weighted by Crippen LogP contribution is -2.80. The first kappa shape index (κ1) is 27.0. The van der Waals surface area contributed by atoms with Crippen molar-refractivity contribution >= 4 is 20.1 Å². The number of carbonyl (C=O) groups is 2. The van der Waals surface area contributed by atoms with Crippen LogP contribution in [0, 0.1) is 28.6 Å². The van der Waals surface area contributed by atoms with Gasteiger partial charge in [0, 0.05) is 36.0 Å². The highest BCUT2D eigenvalue weighted by molar-refractivity contribution is 6.69. The Balaban J connectivity index is 1.99. The summed E-state index contributed by atoms with van der Waals surface area (Å²) in [4.78, 5) is 26.8. The maximum Gasteiger partial charge on any atom is 0.303 e. The Morgan fingerprint density at radius 1 is 1.17 bits per heavy atom. The monoisotopic (exact) mass is 508 g/mol. The summed E-state index contributed by atoms with van der Waals surface area (Å²) >= 11 is 0. The van der Waals surface area contributed by atoms with Crippen LogP contribution in [0.15, 0.2) is 11.1 Å². The van der Waals surface area contributed by atoms with E-state index in [0.29, 0.717) is 6.42 Å². The summed E-state index contributed by atoms with van der Waals surface area (Å²) in [5.74, 6) is -1.89. The molecule has 0 spiro atoms. The van der Waals surface area contributed by atoms with E-state index < -0.39 is 66.5 Å². The fourth-order valence-corrected chi connectivity index (χ4v) is 9.23. The largest absolute Gasteiger partial charge is 0.454 e. The number of hydrogen-bond donors (Lipinski definition) is 2. The van der Waals surface area contributed by atoms with Gasteiger partial charge in [0.1, 0.15) is 17.5 Å². The van der Waals surface area contributed by atoms with Gasteiger partial charge in [0.05, 0.1) is 18.8 Å². The van der Waals surface area contributed by atoms with E-state index in [-0.39, 0.29) is 24.7 Å². The minimum Gasteiger partial charge on any atom is -0.454 e. The molecule has 198 valence electrons. The quantitative estimate of drug-likeness (QED) is 0.341. The number of aliphatic hydroxyl groups excluding tert-OH is 1. The second kappa shape index (κ2) is 7.97. The van der Waals surface area contributed by atoms with Crippen molar-refractivity contribution in [2.45, 2.75) is 110 Å². The summed E-state index contributed by atoms with van der Waals surface area (Å²) in [6, 6.07) is 0. The van der Waals surface area contributed by atoms with Gasteiger partial charge in [-0.3, -0.25) is 9.59 Å². The van der Waals surface area contributed by atoms with Crippen LogP contribution < -0.4 is 0 Å². The van der Waals surface area contributed by atoms with E-state index in [9.17, 15) is 19.8 Å². The Hall–Kier alpha value is -1.06. The first-order valence-electron chi connectivity index (χ1n) is 13.0. The summed E-state index contributed by atoms with van der Waals surface area (Å²) in [6.07, 6.45) is -1.39. The predicted molar refractivity (Wildman–Crippen MR) is 134 cm³/mol. The second-order valence-corrected chi connectivity index (χ2v) is 17.8. The van der Waals surface area contributed by atoms with Gasteiger partial charge >= 0.3 is 5.97 Å². The number of aliphatic hydroxyl groups is 2. The molecular formula is C27H44O7Si. The molecule has 0 aromatic heterocycles. The SMILES string of the molecule is CC(=O)O[C@@]12CO[C@@H]1C[C@H](C)[C@@]1(C)C(=O)[C@H](C)C3=C(C)[C@@H](O[Si](C)(C)C)C[C@@](O)([C@@H](O)[C@H]21)C3(C)C. The molecule has 0 radical (unpaired) electrons. The molecule has 9 atom stereocenters. The van der Waals surface area contributed by atoms with Gasteiger partial charge in [-0.05, 0) is 50.0 Å². The molecular weight excluding hydrogens is 464 g/mol. The number of ether oxygens (including phenoxy) is 2. The molecule has 2 bridgehead atoms. The van der Waals surface area contributed by atoms with Gasteiger partial charge in [-0.25, -0.2) is 0 Å². The van der Waals surface area contributed by atoms with E-state index in [0.717, 1.165) is 11.1 Å². The van der Waals surface area contributed by atoms with Gasteiger partial charge in [-0.15, -0.1) is 0 Å². The number of ketones is 1. The summed E-state index contributed by atoms with van der Waals surface area (Å²) in [5.41, 5.74) is -2.82. The van der Waals surface area contributed by atoms with E-state index in [4.69, 9.17) is 13.9 Å². The summed E-state index contributed by atoms with van der Waals surface area (Å²) in [7, 11) is -2.02. The van der Waals surface area contributed by atoms with Crippen LogP contribution in [0.4, 0.5) is 0 Å². The molecule has 2 saturated carbocycles. The van der Waals surface area contributed by atoms with E-state index >= 15 is 0 Å². The summed E-state index contributed by atoms with van der Waals surface area (Å²) < 4.78 is 18.4. The minimum atomic E-state index is -2.02. The Labute approximate surface area is 210 Å². The highest BCUT2D eigenvalue weighted by atomic mass is 28.4. The number of fused-ring (bicyclic) bond motifs is 5. The van der Waals surface area contributed by atoms with Gasteiger partial charge in [-0.2, -0.15) is 0 Å². The van der Waals surface area contributed by atoms with Crippen molar-refractivity contribution in [3.63, 3.8) is 0 Å². The van der Waals surface area contributed by atoms with Crippen molar-refractivity contribution in [2.75, 3.05) is 6.61 Å². The molecule has 8 heteroatoms. The fourth-order valence-electron chi connectivity index (χ4n) is 8.11. The van der Waals surface area contributed by atoms with Crippen LogP contribution in [0.2, 0.25) is 19.6 Å². The van der Waals surface area contributed by atoms with Crippen LogP contribution >= 0.6 is 0 Å². The van der Waals surface area contributed by atoms with Gasteiger partial charge < -0.3 is 24.1 Å². The zero-order valence-corrected chi connectivity index (χ0v) is 24.0. The first-order valence-corrected chi connectivity index (χ1v) is 16.4. The average Bonchev–Trinajstić information content (AvgIpc) is 2.70. The third-order valence-electron chi connectivity index (χ3n) is 9.97. The van der Waals surface area contributed by atoms with E-state index in [1.807, 2.05) is 41.5 Å². The van der Waals surface area contributed by atoms with E-state index in [1.165, 1.54) is 6.92 Å². The molecule has 0 aromatic carbocycles. The van der Waals surface area contributed by atoms with Crippen LogP contribution in [-0.2, 0) is 23.5 Å². The number of Topliss-reactive ketones (excluding diaryl/α,β-unsaturated/α-hetero) is 1. The molecule has 4 aliphatic rings. The molecule has 1 saturated heterocycles. The third-order valence-corrected chi connectivity index (χ3v) is 11.0. The van der Waals surface area contributed by atoms with Crippen molar-refractivity contribution in [3.05, 3.63) is 11.1 Å². The highest BCUT2D eigenvalue weighted by Crippen LogP contribution is 2.65. The summed E-state index contributed by atoms with van der Waals surface area (Å²) in [5, 5.41) is 24.9. The molecule has 7 nitrogen and oxygen atoms in total. The maximum absolute atomic E-state index is 14.5. The fraction of sp³-hybridized carbons (Fsp3) is 0.852. The lowest BCUT2D eigenvalue weighted by atomic mass is 9.42. The average molecular weight is 509 g/mol. The lowest BCUT2D eigenvalue weighted by Gasteiger charge is -2.68. The third kappa shape index (κ3) is 3.50. The number of rotatable bonds is 3. The molecule has 3 aliphatic carbocycles. The van der Waals surface area contributed by atoms with Crippen LogP contribution in [0.5, 0.6) is 0 Å². The predicted octanol–water partition coefficient (Wildman–Crippen LogP) is 3.63. The molecule has 3 fully saturated rings. The molecule has 2 N–H and O–H groups in total. The standard InChI is InChI=1S/C27H44O7Si/c1-14-11-19-26(13-32-19,33-17(4)28)21-23(30)27(31)12-18(34-35(8,9)10)15(2)20(24(27,5)6)16(3)22(29)25(14,21)7/h14,16,18-19,21,23,30-31H,11-13H2,1-10H3/t14-,16+,18-,19+,21-,23-,25+,26-,27+/m0/s1.